The van der Waals surface area contributed by atoms with Gasteiger partial charge in [-0.15, -0.1) is 0 Å². The maximum absolute atomic E-state index is 11.2. The van der Waals surface area contributed by atoms with E-state index < -0.39 is 11.6 Å². The third-order valence-electron chi connectivity index (χ3n) is 2.99. The van der Waals surface area contributed by atoms with E-state index in [4.69, 9.17) is 4.42 Å². The zero-order chi connectivity index (χ0) is 13.8. The van der Waals surface area contributed by atoms with Crippen molar-refractivity contribution in [3.05, 3.63) is 23.7 Å². The predicted octanol–water partition coefficient (Wildman–Crippen LogP) is 1.88. The van der Waals surface area contributed by atoms with Gasteiger partial charge in [0.15, 0.2) is 0 Å². The molecule has 0 radical (unpaired) electrons. The molecule has 2 atom stereocenters. The maximum Gasteiger partial charge on any atom is 0.373 e. The van der Waals surface area contributed by atoms with E-state index in [9.17, 15) is 9.90 Å². The van der Waals surface area contributed by atoms with E-state index in [-0.39, 0.29) is 11.8 Å². The molecular weight excluding hydrogens is 234 g/mol. The molecule has 0 saturated carbocycles. The van der Waals surface area contributed by atoms with Gasteiger partial charge in [0.2, 0.25) is 5.76 Å². The summed E-state index contributed by atoms with van der Waals surface area (Å²) in [5.41, 5.74) is -0.744. The zero-order valence-corrected chi connectivity index (χ0v) is 11.3. The van der Waals surface area contributed by atoms with Gasteiger partial charge in [-0.3, -0.25) is 0 Å². The van der Waals surface area contributed by atoms with Gasteiger partial charge in [0.05, 0.1) is 18.8 Å². The fraction of sp³-hybridized carbons (Fsp3) is 0.615. The molecule has 0 bridgehead atoms. The highest BCUT2D eigenvalue weighted by atomic mass is 16.5. The van der Waals surface area contributed by atoms with Crippen LogP contribution in [0.15, 0.2) is 16.5 Å². The molecule has 0 aliphatic rings. The van der Waals surface area contributed by atoms with Crippen molar-refractivity contribution in [2.45, 2.75) is 38.8 Å². The molecule has 0 aromatic carbocycles. The molecule has 5 heteroatoms. The molecular formula is C13H21NO4. The minimum atomic E-state index is -0.744. The van der Waals surface area contributed by atoms with Gasteiger partial charge in [-0.05, 0) is 32.4 Å². The lowest BCUT2D eigenvalue weighted by molar-refractivity contribution is 0.0513. The first kappa shape index (κ1) is 14.7. The van der Waals surface area contributed by atoms with Gasteiger partial charge in [0.25, 0.3) is 0 Å². The Morgan fingerprint density at radius 3 is 2.83 bits per heavy atom. The largest absolute Gasteiger partial charge is 0.463 e. The first-order valence-electron chi connectivity index (χ1n) is 6.03. The monoisotopic (exact) mass is 255 g/mol. The van der Waals surface area contributed by atoms with Gasteiger partial charge < -0.3 is 19.6 Å². The normalized spacial score (nSPS) is 16.1. The molecule has 0 amide bonds. The molecule has 18 heavy (non-hydrogen) atoms. The lowest BCUT2D eigenvalue weighted by atomic mass is 10.0. The quantitative estimate of drug-likeness (QED) is 0.759. The van der Waals surface area contributed by atoms with E-state index in [1.54, 1.807) is 19.1 Å². The SMILES string of the molecule is CCC(C)(O)CNC(C)c1ccc(C(=O)OC)o1. The van der Waals surface area contributed by atoms with Crippen LogP contribution in [-0.2, 0) is 4.74 Å². The highest BCUT2D eigenvalue weighted by molar-refractivity contribution is 5.86. The van der Waals surface area contributed by atoms with Crippen LogP contribution < -0.4 is 5.32 Å². The Kier molecular flexibility index (Phi) is 4.93. The molecule has 102 valence electrons. The number of ether oxygens (including phenoxy) is 1. The van der Waals surface area contributed by atoms with Crippen LogP contribution in [0.4, 0.5) is 0 Å². The molecule has 0 aliphatic carbocycles. The molecule has 0 aliphatic heterocycles. The van der Waals surface area contributed by atoms with Crippen LogP contribution >= 0.6 is 0 Å². The van der Waals surface area contributed by atoms with Crippen molar-refractivity contribution in [3.63, 3.8) is 0 Å². The van der Waals surface area contributed by atoms with Crippen LogP contribution in [0.2, 0.25) is 0 Å². The molecule has 0 saturated heterocycles. The van der Waals surface area contributed by atoms with Crippen LogP contribution in [-0.4, -0.2) is 30.3 Å². The van der Waals surface area contributed by atoms with Crippen LogP contribution in [0.1, 0.15) is 49.5 Å². The van der Waals surface area contributed by atoms with Gasteiger partial charge in [-0.1, -0.05) is 6.92 Å². The minimum absolute atomic E-state index is 0.0820. The average Bonchev–Trinajstić information content (AvgIpc) is 2.84. The number of hydrogen-bond donors (Lipinski definition) is 2. The van der Waals surface area contributed by atoms with Crippen molar-refractivity contribution >= 4 is 5.97 Å². The summed E-state index contributed by atoms with van der Waals surface area (Å²) in [6, 6.07) is 3.23. The summed E-state index contributed by atoms with van der Waals surface area (Å²) in [7, 11) is 1.31. The molecule has 1 aromatic heterocycles. The maximum atomic E-state index is 11.2. The highest BCUT2D eigenvalue weighted by Crippen LogP contribution is 2.18. The summed E-state index contributed by atoms with van der Waals surface area (Å²) in [6.07, 6.45) is 0.665. The average molecular weight is 255 g/mol. The fourth-order valence-corrected chi connectivity index (χ4v) is 1.39. The second kappa shape index (κ2) is 6.02. The summed E-state index contributed by atoms with van der Waals surface area (Å²) in [5, 5.41) is 13.0. The number of methoxy groups -OCH3 is 1. The second-order valence-electron chi connectivity index (χ2n) is 4.65. The van der Waals surface area contributed by atoms with Crippen molar-refractivity contribution in [1.82, 2.24) is 5.32 Å². The molecule has 2 unspecified atom stereocenters. The van der Waals surface area contributed by atoms with Crippen molar-refractivity contribution in [2.24, 2.45) is 0 Å². The van der Waals surface area contributed by atoms with Gasteiger partial charge in [-0.2, -0.15) is 0 Å². The summed E-state index contributed by atoms with van der Waals surface area (Å²) < 4.78 is 9.95. The lowest BCUT2D eigenvalue weighted by Crippen LogP contribution is -2.38. The van der Waals surface area contributed by atoms with E-state index >= 15 is 0 Å². The van der Waals surface area contributed by atoms with E-state index in [1.165, 1.54) is 7.11 Å². The van der Waals surface area contributed by atoms with Gasteiger partial charge in [-0.25, -0.2) is 4.79 Å². The third kappa shape index (κ3) is 3.85. The summed E-state index contributed by atoms with van der Waals surface area (Å²) in [6.45, 7) is 6.06. The number of nitrogens with one attached hydrogen (secondary N) is 1. The zero-order valence-electron chi connectivity index (χ0n) is 11.3. The van der Waals surface area contributed by atoms with Crippen molar-refractivity contribution in [1.29, 1.82) is 0 Å². The Bertz CT molecular complexity index is 397. The number of esters is 1. The van der Waals surface area contributed by atoms with Gasteiger partial charge in [0.1, 0.15) is 5.76 Å². The van der Waals surface area contributed by atoms with Crippen molar-refractivity contribution in [3.8, 4) is 0 Å². The van der Waals surface area contributed by atoms with E-state index in [1.807, 2.05) is 13.8 Å². The third-order valence-corrected chi connectivity index (χ3v) is 2.99. The molecule has 1 rings (SSSR count). The topological polar surface area (TPSA) is 71.7 Å². The highest BCUT2D eigenvalue weighted by Gasteiger charge is 2.20. The molecule has 1 aromatic rings. The molecule has 5 nitrogen and oxygen atoms in total. The number of carbonyl (C=O) groups is 1. The van der Waals surface area contributed by atoms with Gasteiger partial charge >= 0.3 is 5.97 Å². The number of carbonyl (C=O) groups excluding carboxylic acids is 1. The van der Waals surface area contributed by atoms with E-state index in [0.717, 1.165) is 0 Å². The Labute approximate surface area is 107 Å². The standard InChI is InChI=1S/C13H21NO4/c1-5-13(3,16)8-14-9(2)10-6-7-11(18-10)12(15)17-4/h6-7,9,14,16H,5,8H2,1-4H3. The second-order valence-corrected chi connectivity index (χ2v) is 4.65. The van der Waals surface area contributed by atoms with Gasteiger partial charge in [0, 0.05) is 6.54 Å². The van der Waals surface area contributed by atoms with Crippen molar-refractivity contribution in [2.75, 3.05) is 13.7 Å². The Hall–Kier alpha value is -1.33. The minimum Gasteiger partial charge on any atom is -0.463 e. The number of aliphatic hydroxyl groups is 1. The lowest BCUT2D eigenvalue weighted by Gasteiger charge is -2.23. The first-order valence-corrected chi connectivity index (χ1v) is 6.03. The number of hydrogen-bond acceptors (Lipinski definition) is 5. The smallest absolute Gasteiger partial charge is 0.373 e. The predicted molar refractivity (Wildman–Crippen MR) is 67.4 cm³/mol. The summed E-state index contributed by atoms with van der Waals surface area (Å²) in [4.78, 5) is 11.2. The first-order chi connectivity index (χ1) is 8.39. The number of rotatable bonds is 6. The van der Waals surface area contributed by atoms with Crippen LogP contribution in [0, 0.1) is 0 Å². The molecule has 1 heterocycles. The van der Waals surface area contributed by atoms with Crippen LogP contribution in [0.25, 0.3) is 0 Å². The van der Waals surface area contributed by atoms with E-state index in [0.29, 0.717) is 18.7 Å². The summed E-state index contributed by atoms with van der Waals surface area (Å²) in [5.74, 6) is 0.333. The molecule has 2 N–H and O–H groups in total. The Morgan fingerprint density at radius 1 is 1.61 bits per heavy atom. The van der Waals surface area contributed by atoms with E-state index in [2.05, 4.69) is 10.1 Å². The Balaban J connectivity index is 2.59. The summed E-state index contributed by atoms with van der Waals surface area (Å²) >= 11 is 0. The van der Waals surface area contributed by atoms with Crippen molar-refractivity contribution < 1.29 is 19.1 Å². The molecule has 0 fully saturated rings. The van der Waals surface area contributed by atoms with Crippen LogP contribution in [0.3, 0.4) is 0 Å². The Morgan fingerprint density at radius 2 is 2.28 bits per heavy atom. The number of furan rings is 1. The fourth-order valence-electron chi connectivity index (χ4n) is 1.39. The molecule has 0 spiro atoms. The van der Waals surface area contributed by atoms with Crippen LogP contribution in [0.5, 0.6) is 0 Å².